The molecule has 5 atom stereocenters. The fraction of sp³-hybridized carbons (Fsp3) is 0.588. The van der Waals surface area contributed by atoms with Gasteiger partial charge in [-0.3, -0.25) is 0 Å². The highest BCUT2D eigenvalue weighted by Gasteiger charge is 2.64. The minimum atomic E-state index is -0.419. The molecule has 2 aliphatic carbocycles. The number of allylic oxidation sites excluding steroid dienone is 2. The van der Waals surface area contributed by atoms with Gasteiger partial charge in [-0.1, -0.05) is 12.2 Å². The van der Waals surface area contributed by atoms with E-state index in [-0.39, 0.29) is 40.5 Å². The van der Waals surface area contributed by atoms with Crippen LogP contribution < -0.4 is 17.0 Å². The second-order valence-corrected chi connectivity index (χ2v) is 6.43. The molecule has 4 nitrogen and oxygen atoms in total. The molecule has 1 saturated heterocycles. The van der Waals surface area contributed by atoms with Crippen molar-refractivity contribution in [2.24, 2.45) is 16.3 Å². The van der Waals surface area contributed by atoms with Crippen LogP contribution in [0.1, 0.15) is 26.2 Å². The number of hydrogen-bond acceptors (Lipinski definition) is 4. The van der Waals surface area contributed by atoms with Crippen molar-refractivity contribution in [2.45, 2.75) is 44.5 Å². The summed E-state index contributed by atoms with van der Waals surface area (Å²) in [5.74, 6) is 0.912. The van der Waals surface area contributed by atoms with Crippen molar-refractivity contribution < 1.29 is 31.6 Å². The number of aliphatic hydroxyl groups is 1. The van der Waals surface area contributed by atoms with Crippen LogP contribution in [-0.2, 0) is 9.47 Å². The van der Waals surface area contributed by atoms with E-state index in [2.05, 4.69) is 19.1 Å². The predicted molar refractivity (Wildman–Crippen MR) is 78.5 cm³/mol. The van der Waals surface area contributed by atoms with E-state index in [9.17, 15) is 5.11 Å². The highest BCUT2D eigenvalue weighted by atomic mass is 79.9. The van der Waals surface area contributed by atoms with Gasteiger partial charge in [0.1, 0.15) is 12.0 Å². The minimum Gasteiger partial charge on any atom is -1.00 e. The summed E-state index contributed by atoms with van der Waals surface area (Å²) in [6.45, 7) is 2.08. The zero-order chi connectivity index (χ0) is 14.6. The van der Waals surface area contributed by atoms with Crippen molar-refractivity contribution >= 4 is 5.71 Å². The summed E-state index contributed by atoms with van der Waals surface area (Å²) in [7, 11) is 1.66. The van der Waals surface area contributed by atoms with Crippen LogP contribution in [0.25, 0.3) is 0 Å². The third-order valence-corrected chi connectivity index (χ3v) is 5.28. The van der Waals surface area contributed by atoms with Gasteiger partial charge in [-0.25, -0.2) is 0 Å². The van der Waals surface area contributed by atoms with E-state index in [0.717, 1.165) is 30.0 Å². The summed E-state index contributed by atoms with van der Waals surface area (Å²) < 4.78 is 11.8. The molecule has 0 radical (unpaired) electrons. The van der Waals surface area contributed by atoms with Crippen molar-refractivity contribution in [3.63, 3.8) is 0 Å². The summed E-state index contributed by atoms with van der Waals surface area (Å²) in [4.78, 5) is 4.78. The Hall–Kier alpha value is -1.00. The Morgan fingerprint density at radius 1 is 1.50 bits per heavy atom. The lowest BCUT2D eigenvalue weighted by Crippen LogP contribution is -3.00. The van der Waals surface area contributed by atoms with Gasteiger partial charge in [-0.05, 0) is 19.8 Å². The molecule has 22 heavy (non-hydrogen) atoms. The molecular weight excluding hydrogens is 346 g/mol. The predicted octanol–water partition coefficient (Wildman–Crippen LogP) is -0.833. The standard InChI is InChI=1S/C17H20NO3.BrH/c1-10-5-7-17-8-6-11(19)9-14(17)21-16-13(20-2)4-3-12(18-10)15(16)17;/h3,6,8,11,14-16,19H,5,7,9H2,1-2H3;1H/q+1;/p-1/t11-,14+,15?,16?,17-;/m0./s1. The second kappa shape index (κ2) is 5.57. The zero-order valence-corrected chi connectivity index (χ0v) is 14.3. The summed E-state index contributed by atoms with van der Waals surface area (Å²) in [5.41, 5.74) is 2.12. The smallest absolute Gasteiger partial charge is 0.274 e. The first-order chi connectivity index (χ1) is 10.1. The minimum absolute atomic E-state index is 0. The van der Waals surface area contributed by atoms with Crippen molar-refractivity contribution in [1.82, 2.24) is 0 Å². The van der Waals surface area contributed by atoms with Crippen molar-refractivity contribution in [1.29, 1.82) is 0 Å². The van der Waals surface area contributed by atoms with Gasteiger partial charge in [0, 0.05) is 17.5 Å². The Balaban J connectivity index is 0.00000144. The molecule has 2 unspecified atom stereocenters. The van der Waals surface area contributed by atoms with Crippen LogP contribution in [0.4, 0.5) is 0 Å². The van der Waals surface area contributed by atoms with Crippen molar-refractivity contribution in [2.75, 3.05) is 7.11 Å². The van der Waals surface area contributed by atoms with Gasteiger partial charge in [0.25, 0.3) is 5.76 Å². The van der Waals surface area contributed by atoms with E-state index in [4.69, 9.17) is 14.5 Å². The maximum Gasteiger partial charge on any atom is 0.274 e. The Bertz CT molecular complexity index is 595. The van der Waals surface area contributed by atoms with Gasteiger partial charge in [0.15, 0.2) is 17.9 Å². The normalized spacial score (nSPS) is 41.7. The van der Waals surface area contributed by atoms with Crippen LogP contribution in [0, 0.1) is 17.4 Å². The molecule has 1 fully saturated rings. The largest absolute Gasteiger partial charge is 1.00 e. The average molecular weight is 366 g/mol. The van der Waals surface area contributed by atoms with Crippen LogP contribution >= 0.6 is 0 Å². The molecule has 0 saturated carbocycles. The summed E-state index contributed by atoms with van der Waals surface area (Å²) in [5, 5.41) is 9.97. The third kappa shape index (κ3) is 2.11. The maximum absolute atomic E-state index is 9.97. The number of methoxy groups -OCH3 is 1. The highest BCUT2D eigenvalue weighted by molar-refractivity contribution is 5.83. The van der Waals surface area contributed by atoms with Gasteiger partial charge in [-0.15, -0.1) is 0 Å². The van der Waals surface area contributed by atoms with E-state index in [1.54, 1.807) is 7.11 Å². The number of rotatable bonds is 1. The lowest BCUT2D eigenvalue weighted by molar-refractivity contribution is -0.0141. The van der Waals surface area contributed by atoms with Gasteiger partial charge in [0.05, 0.1) is 19.3 Å². The lowest BCUT2D eigenvalue weighted by atomic mass is 9.63. The SMILES string of the molecule is COC1=[C+]C=C2N=C(C)CC[C@]34C=C[C@H](O)C[C@H]3OC1C24.[Br-]. The molecule has 0 bridgehead atoms. The van der Waals surface area contributed by atoms with E-state index in [1.165, 1.54) is 0 Å². The number of hydrogen-bond donors (Lipinski definition) is 1. The van der Waals surface area contributed by atoms with E-state index in [1.807, 2.05) is 12.2 Å². The summed E-state index contributed by atoms with van der Waals surface area (Å²) in [6, 6.07) is 0. The highest BCUT2D eigenvalue weighted by Crippen LogP contribution is 2.58. The molecule has 0 amide bonds. The van der Waals surface area contributed by atoms with E-state index < -0.39 is 6.10 Å². The van der Waals surface area contributed by atoms with Crippen molar-refractivity contribution in [3.8, 4) is 0 Å². The van der Waals surface area contributed by atoms with Gasteiger partial charge in [-0.2, -0.15) is 4.99 Å². The zero-order valence-electron chi connectivity index (χ0n) is 12.8. The molecule has 0 aromatic rings. The fourth-order valence-electron chi connectivity index (χ4n) is 4.25. The van der Waals surface area contributed by atoms with Crippen LogP contribution in [0.5, 0.6) is 0 Å². The molecule has 0 aromatic carbocycles. The molecule has 0 aromatic heterocycles. The first-order valence-corrected chi connectivity index (χ1v) is 7.58. The van der Waals surface area contributed by atoms with Crippen molar-refractivity contribution in [3.05, 3.63) is 35.8 Å². The first kappa shape index (κ1) is 15.9. The molecule has 118 valence electrons. The van der Waals surface area contributed by atoms with Crippen LogP contribution in [0.15, 0.2) is 34.7 Å². The molecule has 1 spiro atoms. The molecule has 5 heteroatoms. The molecular formula is C17H20BrNO3. The van der Waals surface area contributed by atoms with Crippen LogP contribution in [0.2, 0.25) is 0 Å². The van der Waals surface area contributed by atoms with Crippen LogP contribution in [-0.4, -0.2) is 36.2 Å². The molecule has 2 heterocycles. The lowest BCUT2D eigenvalue weighted by Gasteiger charge is -2.37. The maximum atomic E-state index is 9.97. The molecule has 4 rings (SSSR count). The number of halogens is 1. The summed E-state index contributed by atoms with van der Waals surface area (Å²) in [6.07, 6.45) is 11.3. The number of nitrogens with zero attached hydrogens (tertiary/aromatic N) is 1. The Kier molecular flexibility index (Phi) is 4.02. The molecule has 4 aliphatic rings. The average Bonchev–Trinajstić information content (AvgIpc) is 2.72. The topological polar surface area (TPSA) is 51.0 Å². The number of aliphatic hydroxyl groups excluding tert-OH is 1. The quantitative estimate of drug-likeness (QED) is 0.487. The molecule has 2 aliphatic heterocycles. The number of aliphatic imine (C=N–C) groups is 1. The second-order valence-electron chi connectivity index (χ2n) is 6.43. The first-order valence-electron chi connectivity index (χ1n) is 7.58. The van der Waals surface area contributed by atoms with Gasteiger partial charge >= 0.3 is 0 Å². The van der Waals surface area contributed by atoms with Gasteiger partial charge < -0.3 is 31.6 Å². The fourth-order valence-corrected chi connectivity index (χ4v) is 4.25. The monoisotopic (exact) mass is 365 g/mol. The van der Waals surface area contributed by atoms with E-state index >= 15 is 0 Å². The Labute approximate surface area is 141 Å². The van der Waals surface area contributed by atoms with E-state index in [0.29, 0.717) is 6.42 Å². The number of ether oxygens (including phenoxy) is 2. The molecule has 1 N–H and O–H groups in total. The Morgan fingerprint density at radius 3 is 3.09 bits per heavy atom. The summed E-state index contributed by atoms with van der Waals surface area (Å²) >= 11 is 0. The van der Waals surface area contributed by atoms with Gasteiger partial charge in [0.2, 0.25) is 0 Å². The Morgan fingerprint density at radius 2 is 2.32 bits per heavy atom. The third-order valence-electron chi connectivity index (χ3n) is 5.28. The van der Waals surface area contributed by atoms with Crippen LogP contribution in [0.3, 0.4) is 0 Å².